The van der Waals surface area contributed by atoms with Crippen LogP contribution in [0.3, 0.4) is 0 Å². The van der Waals surface area contributed by atoms with E-state index in [-0.39, 0.29) is 23.9 Å². The lowest BCUT2D eigenvalue weighted by Crippen LogP contribution is -2.38. The van der Waals surface area contributed by atoms with Crippen LogP contribution >= 0.6 is 0 Å². The van der Waals surface area contributed by atoms with E-state index in [1.54, 1.807) is 0 Å². The number of aliphatic hydroxyl groups excluding tert-OH is 1. The molecule has 2 bridgehead atoms. The molecule has 2 aliphatic carbocycles. The molecule has 0 aliphatic heterocycles. The molecule has 0 aromatic carbocycles. The number of hydrogen-bond acceptors (Lipinski definition) is 2. The molecule has 2 aliphatic rings. The summed E-state index contributed by atoms with van der Waals surface area (Å²) in [6.45, 7) is 7.88. The predicted octanol–water partition coefficient (Wildman–Crippen LogP) is 2.10. The highest BCUT2D eigenvalue weighted by atomic mass is 16.3. The van der Waals surface area contributed by atoms with Gasteiger partial charge in [0.2, 0.25) is 0 Å². The maximum atomic E-state index is 11.8. The first-order valence-corrected chi connectivity index (χ1v) is 5.55. The summed E-state index contributed by atoms with van der Waals surface area (Å²) in [6.07, 6.45) is 4.90. The van der Waals surface area contributed by atoms with Crippen LogP contribution in [-0.2, 0) is 4.79 Å². The number of hydrogen-bond donors (Lipinski definition) is 1. The van der Waals surface area contributed by atoms with Gasteiger partial charge in [0.1, 0.15) is 5.78 Å². The summed E-state index contributed by atoms with van der Waals surface area (Å²) in [5.41, 5.74) is 0.949. The Kier molecular flexibility index (Phi) is 2.55. The van der Waals surface area contributed by atoms with Crippen molar-refractivity contribution in [1.82, 2.24) is 0 Å². The molecule has 0 spiro atoms. The number of fused-ring (bicyclic) bond motifs is 2. The van der Waals surface area contributed by atoms with E-state index in [0.717, 1.165) is 24.8 Å². The van der Waals surface area contributed by atoms with Gasteiger partial charge in [-0.3, -0.25) is 4.79 Å². The fourth-order valence-electron chi connectivity index (χ4n) is 3.24. The lowest BCUT2D eigenvalue weighted by molar-refractivity contribution is -0.127. The van der Waals surface area contributed by atoms with Crippen LogP contribution in [0.4, 0.5) is 0 Å². The molecular weight excluding hydrogens is 188 g/mol. The summed E-state index contributed by atoms with van der Waals surface area (Å²) in [4.78, 5) is 11.8. The Balaban J connectivity index is 2.30. The molecule has 0 aromatic heterocycles. The van der Waals surface area contributed by atoms with Crippen LogP contribution in [0.25, 0.3) is 0 Å². The van der Waals surface area contributed by atoms with Crippen LogP contribution in [0.5, 0.6) is 0 Å². The highest BCUT2D eigenvalue weighted by molar-refractivity contribution is 5.86. The molecule has 2 nitrogen and oxygen atoms in total. The molecule has 2 heteroatoms. The van der Waals surface area contributed by atoms with Crippen molar-refractivity contribution in [2.75, 3.05) is 6.61 Å². The SMILES string of the molecule is C=CC[C@@H]1CC(=O)[C@@H]2C[C@]1(CO)CC2=C. The average Bonchev–Trinajstić information content (AvgIpc) is 2.52. The van der Waals surface area contributed by atoms with Crippen LogP contribution in [-0.4, -0.2) is 17.5 Å². The standard InChI is InChI=1S/C13H18O2/c1-3-4-10-5-12(15)11-7-13(10,8-14)6-9(11)2/h3,10-11,14H,1-2,4-8H2/t10-,11-,13+/m1/s1. The Bertz CT molecular complexity index is 318. The summed E-state index contributed by atoms with van der Waals surface area (Å²) in [6, 6.07) is 0. The Morgan fingerprint density at radius 2 is 2.33 bits per heavy atom. The van der Waals surface area contributed by atoms with Crippen LogP contribution in [0.2, 0.25) is 0 Å². The number of allylic oxidation sites excluding steroid dienone is 2. The summed E-state index contributed by atoms with van der Waals surface area (Å²) in [7, 11) is 0. The van der Waals surface area contributed by atoms with E-state index >= 15 is 0 Å². The smallest absolute Gasteiger partial charge is 0.140 e. The van der Waals surface area contributed by atoms with Gasteiger partial charge in [0.15, 0.2) is 0 Å². The van der Waals surface area contributed by atoms with E-state index in [1.165, 1.54) is 0 Å². The van der Waals surface area contributed by atoms with Crippen molar-refractivity contribution in [2.24, 2.45) is 17.3 Å². The van der Waals surface area contributed by atoms with Crippen molar-refractivity contribution in [3.05, 3.63) is 24.8 Å². The van der Waals surface area contributed by atoms with Crippen molar-refractivity contribution < 1.29 is 9.90 Å². The van der Waals surface area contributed by atoms with Crippen LogP contribution in [0, 0.1) is 17.3 Å². The molecule has 2 rings (SSSR count). The number of carbonyl (C=O) groups excluding carboxylic acids is 1. The van der Waals surface area contributed by atoms with Gasteiger partial charge in [-0.05, 0) is 25.2 Å². The minimum absolute atomic E-state index is 0.0261. The Labute approximate surface area is 90.7 Å². The van der Waals surface area contributed by atoms with Crippen molar-refractivity contribution in [1.29, 1.82) is 0 Å². The van der Waals surface area contributed by atoms with E-state index in [9.17, 15) is 9.90 Å². The second kappa shape index (κ2) is 3.60. The summed E-state index contributed by atoms with van der Waals surface area (Å²) < 4.78 is 0. The number of rotatable bonds is 3. The monoisotopic (exact) mass is 206 g/mol. The topological polar surface area (TPSA) is 37.3 Å². The maximum Gasteiger partial charge on any atom is 0.140 e. The molecule has 3 atom stereocenters. The zero-order chi connectivity index (χ0) is 11.1. The van der Waals surface area contributed by atoms with Gasteiger partial charge in [0, 0.05) is 24.4 Å². The third-order valence-corrected chi connectivity index (χ3v) is 4.15. The molecule has 82 valence electrons. The largest absolute Gasteiger partial charge is 0.396 e. The zero-order valence-corrected chi connectivity index (χ0v) is 9.04. The molecule has 1 N–H and O–H groups in total. The first kappa shape index (κ1) is 10.6. The van der Waals surface area contributed by atoms with Gasteiger partial charge in [0.05, 0.1) is 0 Å². The maximum absolute atomic E-state index is 11.8. The molecular formula is C13H18O2. The normalized spacial score (nSPS) is 39.5. The minimum Gasteiger partial charge on any atom is -0.396 e. The van der Waals surface area contributed by atoms with E-state index in [1.807, 2.05) is 6.08 Å². The lowest BCUT2D eigenvalue weighted by Gasteiger charge is -2.38. The van der Waals surface area contributed by atoms with E-state index in [4.69, 9.17) is 0 Å². The highest BCUT2D eigenvalue weighted by Gasteiger charge is 2.52. The van der Waals surface area contributed by atoms with Crippen LogP contribution in [0.1, 0.15) is 25.7 Å². The van der Waals surface area contributed by atoms with Crippen molar-refractivity contribution in [3.63, 3.8) is 0 Å². The second-order valence-corrected chi connectivity index (χ2v) is 5.00. The van der Waals surface area contributed by atoms with Crippen LogP contribution < -0.4 is 0 Å². The van der Waals surface area contributed by atoms with Gasteiger partial charge >= 0.3 is 0 Å². The first-order chi connectivity index (χ1) is 7.13. The fourth-order valence-corrected chi connectivity index (χ4v) is 3.24. The molecule has 0 radical (unpaired) electrons. The Morgan fingerprint density at radius 3 is 2.93 bits per heavy atom. The van der Waals surface area contributed by atoms with Gasteiger partial charge < -0.3 is 5.11 Å². The number of ketones is 1. The first-order valence-electron chi connectivity index (χ1n) is 5.55. The molecule has 0 saturated heterocycles. The Morgan fingerprint density at radius 1 is 1.60 bits per heavy atom. The Hall–Kier alpha value is -0.890. The molecule has 2 saturated carbocycles. The summed E-state index contributed by atoms with van der Waals surface area (Å²) in [5, 5.41) is 9.58. The summed E-state index contributed by atoms with van der Waals surface area (Å²) >= 11 is 0. The third kappa shape index (κ3) is 1.48. The van der Waals surface area contributed by atoms with Gasteiger partial charge in [0.25, 0.3) is 0 Å². The van der Waals surface area contributed by atoms with E-state index < -0.39 is 0 Å². The number of carbonyl (C=O) groups is 1. The quantitative estimate of drug-likeness (QED) is 0.718. The van der Waals surface area contributed by atoms with Crippen LogP contribution in [0.15, 0.2) is 24.8 Å². The van der Waals surface area contributed by atoms with Gasteiger partial charge in [-0.25, -0.2) is 0 Å². The van der Waals surface area contributed by atoms with Crippen molar-refractivity contribution in [3.8, 4) is 0 Å². The second-order valence-electron chi connectivity index (χ2n) is 5.00. The number of aliphatic hydroxyl groups is 1. The fraction of sp³-hybridized carbons (Fsp3) is 0.615. The molecule has 2 fully saturated rings. The summed E-state index contributed by atoms with van der Waals surface area (Å²) in [5.74, 6) is 0.606. The minimum atomic E-state index is -0.0795. The zero-order valence-electron chi connectivity index (χ0n) is 9.04. The van der Waals surface area contributed by atoms with E-state index in [2.05, 4.69) is 13.2 Å². The molecule has 0 aromatic rings. The van der Waals surface area contributed by atoms with Gasteiger partial charge in [-0.15, -0.1) is 6.58 Å². The average molecular weight is 206 g/mol. The van der Waals surface area contributed by atoms with Gasteiger partial charge in [-0.2, -0.15) is 0 Å². The molecule has 0 unspecified atom stereocenters. The molecule has 0 heterocycles. The molecule has 0 amide bonds. The van der Waals surface area contributed by atoms with Crippen molar-refractivity contribution in [2.45, 2.75) is 25.7 Å². The predicted molar refractivity (Wildman–Crippen MR) is 59.3 cm³/mol. The molecule has 15 heavy (non-hydrogen) atoms. The van der Waals surface area contributed by atoms with E-state index in [0.29, 0.717) is 12.2 Å². The lowest BCUT2D eigenvalue weighted by atomic mass is 9.66. The number of Topliss-reactive ketones (excluding diaryl/α,β-unsaturated/α-hetero) is 1. The highest BCUT2D eigenvalue weighted by Crippen LogP contribution is 2.55. The van der Waals surface area contributed by atoms with Crippen molar-refractivity contribution >= 4 is 5.78 Å². The van der Waals surface area contributed by atoms with Gasteiger partial charge in [-0.1, -0.05) is 18.2 Å². The third-order valence-electron chi connectivity index (χ3n) is 4.15.